The molecule has 0 saturated carbocycles. The van der Waals surface area contributed by atoms with Gasteiger partial charge in [-0.2, -0.15) is 0 Å². The van der Waals surface area contributed by atoms with Crippen LogP contribution in [0.5, 0.6) is 0 Å². The molecule has 0 aromatic carbocycles. The van der Waals surface area contributed by atoms with Gasteiger partial charge < -0.3 is 4.90 Å². The summed E-state index contributed by atoms with van der Waals surface area (Å²) < 4.78 is 0. The Morgan fingerprint density at radius 3 is 2.67 bits per heavy atom. The second-order valence-corrected chi connectivity index (χ2v) is 2.89. The second-order valence-electron chi connectivity index (χ2n) is 2.89. The lowest BCUT2D eigenvalue weighted by Gasteiger charge is -2.11. The molecule has 1 aromatic rings. The van der Waals surface area contributed by atoms with Crippen LogP contribution >= 0.6 is 0 Å². The van der Waals surface area contributed by atoms with Crippen LogP contribution in [0.4, 0.5) is 0 Å². The van der Waals surface area contributed by atoms with Crippen LogP contribution in [0, 0.1) is 6.92 Å². The highest BCUT2D eigenvalue weighted by atomic mass is 16.2. The Balaban J connectivity index is 3.03. The second kappa shape index (κ2) is 3.34. The van der Waals surface area contributed by atoms with E-state index in [4.69, 9.17) is 0 Å². The highest BCUT2D eigenvalue weighted by Gasteiger charge is 2.09. The smallest absolute Gasteiger partial charge is 0.255 e. The molecule has 1 rings (SSSR count). The molecule has 0 aliphatic carbocycles. The van der Waals surface area contributed by atoms with E-state index in [1.165, 1.54) is 0 Å². The minimum Gasteiger partial charge on any atom is -0.345 e. The van der Waals surface area contributed by atoms with Crippen molar-refractivity contribution in [3.63, 3.8) is 0 Å². The first-order chi connectivity index (χ1) is 5.63. The van der Waals surface area contributed by atoms with Crippen molar-refractivity contribution in [2.75, 3.05) is 14.1 Å². The normalized spacial score (nSPS) is 9.58. The van der Waals surface area contributed by atoms with E-state index in [2.05, 4.69) is 4.98 Å². The van der Waals surface area contributed by atoms with Crippen molar-refractivity contribution in [3.05, 3.63) is 29.6 Å². The number of amides is 1. The molecule has 1 aromatic heterocycles. The summed E-state index contributed by atoms with van der Waals surface area (Å²) in [6.45, 7) is 1.90. The van der Waals surface area contributed by atoms with Crippen molar-refractivity contribution in [2.45, 2.75) is 6.92 Å². The molecule has 0 spiro atoms. The van der Waals surface area contributed by atoms with Gasteiger partial charge in [0.15, 0.2) is 0 Å². The Hall–Kier alpha value is -1.38. The maximum absolute atomic E-state index is 11.5. The Kier molecular flexibility index (Phi) is 2.43. The fourth-order valence-electron chi connectivity index (χ4n) is 0.929. The van der Waals surface area contributed by atoms with Gasteiger partial charge in [0.2, 0.25) is 0 Å². The number of hydrogen-bond donors (Lipinski definition) is 0. The Labute approximate surface area is 72.0 Å². The number of hydrogen-bond acceptors (Lipinski definition) is 2. The van der Waals surface area contributed by atoms with E-state index in [0.29, 0.717) is 5.56 Å². The molecule has 64 valence electrons. The largest absolute Gasteiger partial charge is 0.345 e. The van der Waals surface area contributed by atoms with Crippen molar-refractivity contribution in [1.82, 2.24) is 9.88 Å². The zero-order valence-corrected chi connectivity index (χ0v) is 7.53. The van der Waals surface area contributed by atoms with Gasteiger partial charge in [-0.05, 0) is 18.6 Å². The lowest BCUT2D eigenvalue weighted by atomic mass is 10.1. The van der Waals surface area contributed by atoms with Crippen LogP contribution in [0.15, 0.2) is 18.5 Å². The third-order valence-electron chi connectivity index (χ3n) is 1.68. The van der Waals surface area contributed by atoms with Crippen LogP contribution in [0.2, 0.25) is 0 Å². The first-order valence-corrected chi connectivity index (χ1v) is 3.75. The maximum atomic E-state index is 11.5. The van der Waals surface area contributed by atoms with Crippen molar-refractivity contribution >= 4 is 5.91 Å². The molecule has 0 radical (unpaired) electrons. The summed E-state index contributed by atoms with van der Waals surface area (Å²) in [5.74, 6) is 0.000556. The number of aromatic nitrogens is 1. The summed E-state index contributed by atoms with van der Waals surface area (Å²) in [6, 6.07) is 1.83. The van der Waals surface area contributed by atoms with Gasteiger partial charge in [-0.15, -0.1) is 0 Å². The summed E-state index contributed by atoms with van der Waals surface area (Å²) in [5.41, 5.74) is 1.63. The summed E-state index contributed by atoms with van der Waals surface area (Å²) in [5, 5.41) is 0. The van der Waals surface area contributed by atoms with Crippen LogP contribution in [0.25, 0.3) is 0 Å². The van der Waals surface area contributed by atoms with Crippen LogP contribution in [-0.4, -0.2) is 29.9 Å². The van der Waals surface area contributed by atoms with Crippen molar-refractivity contribution in [1.29, 1.82) is 0 Å². The molecule has 0 N–H and O–H groups in total. The van der Waals surface area contributed by atoms with Crippen molar-refractivity contribution < 1.29 is 4.79 Å². The standard InChI is InChI=1S/C9H12N2O/c1-7-4-5-10-6-8(7)9(12)11(2)3/h4-6H,1-3H3. The molecule has 0 aliphatic rings. The first-order valence-electron chi connectivity index (χ1n) is 3.75. The molecule has 1 heterocycles. The number of carbonyl (C=O) groups is 1. The molecule has 3 heteroatoms. The van der Waals surface area contributed by atoms with Gasteiger partial charge in [0, 0.05) is 26.5 Å². The Bertz CT molecular complexity index is 294. The third-order valence-corrected chi connectivity index (χ3v) is 1.68. The van der Waals surface area contributed by atoms with Gasteiger partial charge in [-0.25, -0.2) is 0 Å². The summed E-state index contributed by atoms with van der Waals surface area (Å²) >= 11 is 0. The molecule has 0 bridgehead atoms. The molecule has 0 saturated heterocycles. The molecule has 12 heavy (non-hydrogen) atoms. The summed E-state index contributed by atoms with van der Waals surface area (Å²) in [4.78, 5) is 16.9. The van der Waals surface area contributed by atoms with E-state index < -0.39 is 0 Å². The highest BCUT2D eigenvalue weighted by molar-refractivity contribution is 5.94. The summed E-state index contributed by atoms with van der Waals surface area (Å²) in [6.07, 6.45) is 3.28. The number of pyridine rings is 1. The van der Waals surface area contributed by atoms with E-state index in [1.807, 2.05) is 13.0 Å². The molecular weight excluding hydrogens is 152 g/mol. The van der Waals surface area contributed by atoms with E-state index in [-0.39, 0.29) is 5.91 Å². The Morgan fingerprint density at radius 1 is 1.50 bits per heavy atom. The lowest BCUT2D eigenvalue weighted by Crippen LogP contribution is -2.22. The molecule has 0 fully saturated rings. The third kappa shape index (κ3) is 1.61. The van der Waals surface area contributed by atoms with Gasteiger partial charge in [-0.1, -0.05) is 0 Å². The minimum absolute atomic E-state index is 0.000556. The zero-order chi connectivity index (χ0) is 9.14. The fraction of sp³-hybridized carbons (Fsp3) is 0.333. The SMILES string of the molecule is Cc1ccncc1C(=O)N(C)C. The number of carbonyl (C=O) groups excluding carboxylic acids is 1. The van der Waals surface area contributed by atoms with Gasteiger partial charge in [0.25, 0.3) is 5.91 Å². The Morgan fingerprint density at radius 2 is 2.17 bits per heavy atom. The van der Waals surface area contributed by atoms with Crippen LogP contribution in [0.3, 0.4) is 0 Å². The monoisotopic (exact) mass is 164 g/mol. The van der Waals surface area contributed by atoms with Gasteiger partial charge >= 0.3 is 0 Å². The minimum atomic E-state index is 0.000556. The average Bonchev–Trinajstić information content (AvgIpc) is 2.04. The lowest BCUT2D eigenvalue weighted by molar-refractivity contribution is 0.0826. The van der Waals surface area contributed by atoms with Gasteiger partial charge in [0.1, 0.15) is 0 Å². The quantitative estimate of drug-likeness (QED) is 0.622. The molecular formula is C9H12N2O. The van der Waals surface area contributed by atoms with Crippen LogP contribution < -0.4 is 0 Å². The zero-order valence-electron chi connectivity index (χ0n) is 7.53. The number of nitrogens with zero attached hydrogens (tertiary/aromatic N) is 2. The van der Waals surface area contributed by atoms with Crippen LogP contribution in [-0.2, 0) is 0 Å². The van der Waals surface area contributed by atoms with E-state index in [1.54, 1.807) is 31.4 Å². The molecule has 1 amide bonds. The van der Waals surface area contributed by atoms with Crippen LogP contribution in [0.1, 0.15) is 15.9 Å². The van der Waals surface area contributed by atoms with E-state index >= 15 is 0 Å². The van der Waals surface area contributed by atoms with Crippen molar-refractivity contribution in [2.24, 2.45) is 0 Å². The van der Waals surface area contributed by atoms with E-state index in [0.717, 1.165) is 5.56 Å². The van der Waals surface area contributed by atoms with Gasteiger partial charge in [0.05, 0.1) is 5.56 Å². The molecule has 0 aliphatic heterocycles. The predicted octanol–water partition coefficient (Wildman–Crippen LogP) is 1.09. The van der Waals surface area contributed by atoms with E-state index in [9.17, 15) is 4.79 Å². The first kappa shape index (κ1) is 8.71. The van der Waals surface area contributed by atoms with Crippen molar-refractivity contribution in [3.8, 4) is 0 Å². The summed E-state index contributed by atoms with van der Waals surface area (Å²) in [7, 11) is 3.46. The number of rotatable bonds is 1. The predicted molar refractivity (Wildman–Crippen MR) is 47.0 cm³/mol. The van der Waals surface area contributed by atoms with Gasteiger partial charge in [-0.3, -0.25) is 9.78 Å². The fourth-order valence-corrected chi connectivity index (χ4v) is 0.929. The average molecular weight is 164 g/mol. The molecule has 3 nitrogen and oxygen atoms in total. The topological polar surface area (TPSA) is 33.2 Å². The maximum Gasteiger partial charge on any atom is 0.255 e. The highest BCUT2D eigenvalue weighted by Crippen LogP contribution is 2.06. The molecule has 0 unspecified atom stereocenters. The number of aryl methyl sites for hydroxylation is 1. The molecule has 0 atom stereocenters.